The maximum Gasteiger partial charge on any atom is 0.319 e. The summed E-state index contributed by atoms with van der Waals surface area (Å²) in [5.74, 6) is -0.322. The van der Waals surface area contributed by atoms with Gasteiger partial charge in [0.1, 0.15) is 10.6 Å². The molecule has 0 bridgehead atoms. The molecule has 0 saturated carbocycles. The van der Waals surface area contributed by atoms with Gasteiger partial charge in [0.05, 0.1) is 24.0 Å². The molecule has 0 radical (unpaired) electrons. The third-order valence-corrected chi connectivity index (χ3v) is 5.92. The summed E-state index contributed by atoms with van der Waals surface area (Å²) in [5, 5.41) is 0. The number of rotatable bonds is 5. The van der Waals surface area contributed by atoms with E-state index < -0.39 is 26.6 Å². The first-order valence-corrected chi connectivity index (χ1v) is 10.2. The molecule has 0 spiro atoms. The number of ketones is 2. The third kappa shape index (κ3) is 3.19. The van der Waals surface area contributed by atoms with Crippen LogP contribution in [0.15, 0.2) is 65.6 Å². The average molecular weight is 424 g/mol. The van der Waals surface area contributed by atoms with Crippen molar-refractivity contribution < 1.29 is 27.0 Å². The fourth-order valence-electron chi connectivity index (χ4n) is 3.22. The Kier molecular flexibility index (Phi) is 4.76. The molecule has 9 heteroatoms. The topological polar surface area (TPSA) is 125 Å². The summed E-state index contributed by atoms with van der Waals surface area (Å²) in [6.45, 7) is 0. The molecule has 0 saturated heterocycles. The zero-order chi connectivity index (χ0) is 21.5. The van der Waals surface area contributed by atoms with E-state index in [1.165, 1.54) is 19.2 Å². The first-order chi connectivity index (χ1) is 14.3. The van der Waals surface area contributed by atoms with Crippen molar-refractivity contribution in [1.29, 1.82) is 0 Å². The molecule has 1 aliphatic rings. The number of fused-ring (bicyclic) bond motifs is 2. The van der Waals surface area contributed by atoms with E-state index >= 15 is 0 Å². The maximum absolute atomic E-state index is 12.9. The molecule has 4 rings (SSSR count). The molecule has 1 aliphatic carbocycles. The van der Waals surface area contributed by atoms with E-state index in [9.17, 15) is 18.0 Å². The number of carbonyl (C=O) groups excluding carboxylic acids is 2. The van der Waals surface area contributed by atoms with Crippen molar-refractivity contribution in [3.63, 3.8) is 0 Å². The van der Waals surface area contributed by atoms with Crippen molar-refractivity contribution in [3.05, 3.63) is 82.9 Å². The lowest BCUT2D eigenvalue weighted by molar-refractivity contribution is 0.0979. The van der Waals surface area contributed by atoms with E-state index in [2.05, 4.69) is 5.48 Å². The Morgan fingerprint density at radius 1 is 0.833 bits per heavy atom. The number of nitrogens with one attached hydrogen (secondary N) is 1. The first-order valence-electron chi connectivity index (χ1n) is 8.78. The summed E-state index contributed by atoms with van der Waals surface area (Å²) < 4.78 is 35.3. The van der Waals surface area contributed by atoms with Gasteiger partial charge < -0.3 is 10.5 Å². The number of nitrogen functional groups attached to an aromatic ring is 1. The van der Waals surface area contributed by atoms with Crippen molar-refractivity contribution in [1.82, 2.24) is 0 Å². The minimum absolute atomic E-state index is 0.0539. The average Bonchev–Trinajstić information content (AvgIpc) is 2.76. The first kappa shape index (κ1) is 19.6. The summed E-state index contributed by atoms with van der Waals surface area (Å²) in [6.07, 6.45) is 0. The lowest BCUT2D eigenvalue weighted by atomic mass is 9.83. The van der Waals surface area contributed by atoms with Crippen LogP contribution in [0, 0.1) is 0 Å². The van der Waals surface area contributed by atoms with E-state index in [1.807, 2.05) is 0 Å². The zero-order valence-electron chi connectivity index (χ0n) is 15.7. The SMILES string of the molecule is COc1ccc(NOS(=O)(=O)c2ccc3c(c2N)C(=O)c2ccccc2C3=O)cc1. The van der Waals surface area contributed by atoms with E-state index in [4.69, 9.17) is 14.8 Å². The Morgan fingerprint density at radius 2 is 1.47 bits per heavy atom. The van der Waals surface area contributed by atoms with E-state index in [0.29, 0.717) is 11.4 Å². The Morgan fingerprint density at radius 3 is 2.10 bits per heavy atom. The molecule has 3 N–H and O–H groups in total. The summed E-state index contributed by atoms with van der Waals surface area (Å²) in [7, 11) is -2.88. The number of methoxy groups -OCH3 is 1. The van der Waals surface area contributed by atoms with Crippen LogP contribution in [-0.4, -0.2) is 27.1 Å². The minimum atomic E-state index is -4.39. The van der Waals surface area contributed by atoms with Gasteiger partial charge in [-0.15, -0.1) is 4.28 Å². The van der Waals surface area contributed by atoms with Crippen LogP contribution in [0.3, 0.4) is 0 Å². The van der Waals surface area contributed by atoms with Gasteiger partial charge in [0.15, 0.2) is 11.6 Å². The van der Waals surface area contributed by atoms with E-state index in [-0.39, 0.29) is 27.9 Å². The van der Waals surface area contributed by atoms with Crippen molar-refractivity contribution in [2.45, 2.75) is 4.90 Å². The van der Waals surface area contributed by atoms with Gasteiger partial charge in [0.2, 0.25) is 0 Å². The highest BCUT2D eigenvalue weighted by Crippen LogP contribution is 2.34. The number of hydrogen-bond donors (Lipinski definition) is 2. The Labute approximate surface area is 172 Å². The zero-order valence-corrected chi connectivity index (χ0v) is 16.5. The van der Waals surface area contributed by atoms with Crippen molar-refractivity contribution in [2.75, 3.05) is 18.3 Å². The van der Waals surface area contributed by atoms with Gasteiger partial charge in [0.25, 0.3) is 0 Å². The van der Waals surface area contributed by atoms with Crippen LogP contribution in [-0.2, 0) is 14.4 Å². The molecule has 0 fully saturated rings. The summed E-state index contributed by atoms with van der Waals surface area (Å²) in [6, 6.07) is 15.1. The number of anilines is 2. The highest BCUT2D eigenvalue weighted by molar-refractivity contribution is 7.87. The Balaban J connectivity index is 1.68. The monoisotopic (exact) mass is 424 g/mol. The maximum atomic E-state index is 12.9. The molecule has 0 amide bonds. The normalized spacial score (nSPS) is 12.8. The quantitative estimate of drug-likeness (QED) is 0.370. The lowest BCUT2D eigenvalue weighted by Gasteiger charge is -2.20. The van der Waals surface area contributed by atoms with Crippen LogP contribution in [0.25, 0.3) is 0 Å². The second-order valence-electron chi connectivity index (χ2n) is 6.47. The molecule has 3 aromatic carbocycles. The molecular weight excluding hydrogens is 408 g/mol. The summed E-state index contributed by atoms with van der Waals surface area (Å²) in [5.41, 5.74) is 8.71. The number of hydrogen-bond acceptors (Lipinski definition) is 8. The largest absolute Gasteiger partial charge is 0.497 e. The van der Waals surface area contributed by atoms with Gasteiger partial charge in [-0.1, -0.05) is 24.3 Å². The van der Waals surface area contributed by atoms with E-state index in [1.54, 1.807) is 42.5 Å². The smallest absolute Gasteiger partial charge is 0.319 e. The highest BCUT2D eigenvalue weighted by atomic mass is 32.2. The summed E-state index contributed by atoms with van der Waals surface area (Å²) >= 11 is 0. The van der Waals surface area contributed by atoms with Gasteiger partial charge in [-0.2, -0.15) is 8.42 Å². The van der Waals surface area contributed by atoms with Gasteiger partial charge in [-0.3, -0.25) is 9.59 Å². The van der Waals surface area contributed by atoms with Crippen LogP contribution in [0.2, 0.25) is 0 Å². The van der Waals surface area contributed by atoms with Crippen molar-refractivity contribution in [3.8, 4) is 5.75 Å². The third-order valence-electron chi connectivity index (χ3n) is 4.72. The molecule has 8 nitrogen and oxygen atoms in total. The number of benzene rings is 3. The van der Waals surface area contributed by atoms with Crippen LogP contribution in [0.5, 0.6) is 5.75 Å². The molecule has 152 valence electrons. The summed E-state index contributed by atoms with van der Waals surface area (Å²) in [4.78, 5) is 25.2. The Hall–Kier alpha value is -3.69. The van der Waals surface area contributed by atoms with Gasteiger partial charge >= 0.3 is 10.1 Å². The van der Waals surface area contributed by atoms with E-state index in [0.717, 1.165) is 6.07 Å². The molecule has 0 aromatic heterocycles. The molecule has 0 heterocycles. The van der Waals surface area contributed by atoms with Crippen molar-refractivity contribution in [2.24, 2.45) is 0 Å². The number of carbonyl (C=O) groups is 2. The fraction of sp³-hybridized carbons (Fsp3) is 0.0476. The van der Waals surface area contributed by atoms with Gasteiger partial charge in [-0.05, 0) is 36.4 Å². The van der Waals surface area contributed by atoms with Crippen LogP contribution >= 0.6 is 0 Å². The molecule has 3 aromatic rings. The second-order valence-corrected chi connectivity index (χ2v) is 7.99. The van der Waals surface area contributed by atoms with Crippen LogP contribution in [0.4, 0.5) is 11.4 Å². The fourth-order valence-corrected chi connectivity index (χ4v) is 4.12. The molecule has 0 atom stereocenters. The molecule has 0 unspecified atom stereocenters. The minimum Gasteiger partial charge on any atom is -0.497 e. The van der Waals surface area contributed by atoms with Crippen LogP contribution in [0.1, 0.15) is 31.8 Å². The second kappa shape index (κ2) is 7.29. The predicted molar refractivity (Wildman–Crippen MR) is 109 cm³/mol. The van der Waals surface area contributed by atoms with Gasteiger partial charge in [0, 0.05) is 16.7 Å². The molecular formula is C21H16N2O6S. The molecule has 0 aliphatic heterocycles. The highest BCUT2D eigenvalue weighted by Gasteiger charge is 2.34. The standard InChI is InChI=1S/C21H16N2O6S/c1-28-13-8-6-12(7-9-13)23-29-30(26,27)17-11-10-16-18(19(17)22)21(25)15-5-3-2-4-14(15)20(16)24/h2-11,23H,22H2,1H3. The number of nitrogens with two attached hydrogens (primary N) is 1. The van der Waals surface area contributed by atoms with Gasteiger partial charge in [-0.25, -0.2) is 5.48 Å². The molecule has 30 heavy (non-hydrogen) atoms. The predicted octanol–water partition coefficient (Wildman–Crippen LogP) is 2.79. The lowest BCUT2D eigenvalue weighted by Crippen LogP contribution is -2.24. The Bertz CT molecular complexity index is 1280. The number of ether oxygens (including phenoxy) is 1. The van der Waals surface area contributed by atoms with Crippen LogP contribution < -0.4 is 16.0 Å². The van der Waals surface area contributed by atoms with Crippen molar-refractivity contribution >= 4 is 33.1 Å².